The maximum atomic E-state index is 11.4. The Morgan fingerprint density at radius 3 is 2.61 bits per heavy atom. The summed E-state index contributed by atoms with van der Waals surface area (Å²) in [6.45, 7) is 3.52. The molecule has 156 valence electrons. The van der Waals surface area contributed by atoms with E-state index in [-0.39, 0.29) is 28.2 Å². The molecule has 2 aromatic rings. The molecule has 1 aliphatic heterocycles. The predicted octanol–water partition coefficient (Wildman–Crippen LogP) is 2.58. The monoisotopic (exact) mass is 555 g/mol. The number of halogens is 1. The van der Waals surface area contributed by atoms with Crippen LogP contribution in [0.15, 0.2) is 38.8 Å². The minimum atomic E-state index is -3.64. The lowest BCUT2D eigenvalue weighted by Crippen LogP contribution is -2.42. The third-order valence-corrected chi connectivity index (χ3v) is 7.98. The van der Waals surface area contributed by atoms with Crippen LogP contribution in [0.5, 0.6) is 0 Å². The first-order chi connectivity index (χ1) is 13.0. The zero-order chi connectivity index (χ0) is 19.3. The van der Waals surface area contributed by atoms with Crippen LogP contribution in [0.1, 0.15) is 28.6 Å². The number of nitrogens with zero attached hydrogens (tertiary/aromatic N) is 2. The fraction of sp³-hybridized carbons (Fsp3) is 0.471. The van der Waals surface area contributed by atoms with Gasteiger partial charge in [0.15, 0.2) is 5.96 Å². The van der Waals surface area contributed by atoms with Crippen LogP contribution in [0.3, 0.4) is 0 Å². The van der Waals surface area contributed by atoms with Crippen molar-refractivity contribution in [2.24, 2.45) is 10.1 Å². The van der Waals surface area contributed by atoms with Gasteiger partial charge in [0.05, 0.1) is 12.6 Å². The summed E-state index contributed by atoms with van der Waals surface area (Å²) in [7, 11) is -1.91. The van der Waals surface area contributed by atoms with E-state index >= 15 is 0 Å². The number of nitrogens with one attached hydrogen (secondary N) is 2. The molecule has 3 heterocycles. The van der Waals surface area contributed by atoms with Gasteiger partial charge in [-0.25, -0.2) is 13.6 Å². The van der Waals surface area contributed by atoms with Crippen molar-refractivity contribution in [2.75, 3.05) is 26.7 Å². The van der Waals surface area contributed by atoms with Crippen molar-refractivity contribution in [1.29, 1.82) is 0 Å². The Morgan fingerprint density at radius 2 is 2.04 bits per heavy atom. The van der Waals surface area contributed by atoms with Gasteiger partial charge in [0.1, 0.15) is 4.21 Å². The molecule has 0 saturated carbocycles. The molecule has 3 rings (SSSR count). The van der Waals surface area contributed by atoms with Crippen LogP contribution in [0.4, 0.5) is 0 Å². The van der Waals surface area contributed by atoms with Gasteiger partial charge in [-0.3, -0.25) is 9.89 Å². The SMILES string of the molecule is CN=C(NCc1ccc(S(N)(=O)=O)s1)NCC(c1cccs1)N1CCCC1.I. The van der Waals surface area contributed by atoms with Crippen LogP contribution >= 0.6 is 46.7 Å². The van der Waals surface area contributed by atoms with Gasteiger partial charge in [0.25, 0.3) is 0 Å². The topological polar surface area (TPSA) is 99.8 Å². The van der Waals surface area contributed by atoms with E-state index in [1.165, 1.54) is 35.1 Å². The molecule has 1 unspecified atom stereocenters. The lowest BCUT2D eigenvalue weighted by Gasteiger charge is -2.27. The van der Waals surface area contributed by atoms with Crippen molar-refractivity contribution >= 4 is 62.6 Å². The molecule has 0 aliphatic carbocycles. The molecule has 0 spiro atoms. The van der Waals surface area contributed by atoms with Crippen molar-refractivity contribution in [3.8, 4) is 0 Å². The largest absolute Gasteiger partial charge is 0.354 e. The molecule has 7 nitrogen and oxygen atoms in total. The zero-order valence-corrected chi connectivity index (χ0v) is 20.4. The molecule has 0 amide bonds. The van der Waals surface area contributed by atoms with E-state index in [4.69, 9.17) is 5.14 Å². The van der Waals surface area contributed by atoms with Gasteiger partial charge in [0, 0.05) is 23.3 Å². The van der Waals surface area contributed by atoms with Gasteiger partial charge in [-0.1, -0.05) is 6.07 Å². The van der Waals surface area contributed by atoms with Gasteiger partial charge in [-0.2, -0.15) is 0 Å². The number of hydrogen-bond donors (Lipinski definition) is 3. The summed E-state index contributed by atoms with van der Waals surface area (Å²) in [5.41, 5.74) is 0. The summed E-state index contributed by atoms with van der Waals surface area (Å²) >= 11 is 2.95. The first-order valence-corrected chi connectivity index (χ1v) is 12.0. The second kappa shape index (κ2) is 10.9. The molecule has 28 heavy (non-hydrogen) atoms. The Bertz CT molecular complexity index is 861. The van der Waals surface area contributed by atoms with Crippen LogP contribution in [0.25, 0.3) is 0 Å². The number of guanidine groups is 1. The first kappa shape index (κ1) is 23.5. The molecule has 1 aliphatic rings. The van der Waals surface area contributed by atoms with E-state index in [9.17, 15) is 8.42 Å². The summed E-state index contributed by atoms with van der Waals surface area (Å²) < 4.78 is 22.9. The molecule has 4 N–H and O–H groups in total. The first-order valence-electron chi connectivity index (χ1n) is 8.81. The zero-order valence-electron chi connectivity index (χ0n) is 15.6. The molecule has 0 bridgehead atoms. The second-order valence-electron chi connectivity index (χ2n) is 6.35. The lowest BCUT2D eigenvalue weighted by molar-refractivity contribution is 0.249. The highest BCUT2D eigenvalue weighted by molar-refractivity contribution is 14.0. The van der Waals surface area contributed by atoms with Gasteiger partial charge in [0.2, 0.25) is 10.0 Å². The predicted molar refractivity (Wildman–Crippen MR) is 127 cm³/mol. The maximum Gasteiger partial charge on any atom is 0.247 e. The summed E-state index contributed by atoms with van der Waals surface area (Å²) in [6.07, 6.45) is 2.50. The molecule has 0 radical (unpaired) electrons. The molecule has 0 aromatic carbocycles. The van der Waals surface area contributed by atoms with E-state index in [0.717, 1.165) is 24.5 Å². The van der Waals surface area contributed by atoms with E-state index in [0.29, 0.717) is 18.5 Å². The van der Waals surface area contributed by atoms with Crippen LogP contribution in [-0.2, 0) is 16.6 Å². The van der Waals surface area contributed by atoms with Crippen LogP contribution in [0, 0.1) is 0 Å². The van der Waals surface area contributed by atoms with Crippen molar-refractivity contribution in [3.63, 3.8) is 0 Å². The van der Waals surface area contributed by atoms with Crippen LogP contribution in [-0.4, -0.2) is 46.0 Å². The van der Waals surface area contributed by atoms with Crippen molar-refractivity contribution < 1.29 is 8.42 Å². The highest BCUT2D eigenvalue weighted by atomic mass is 127. The molecule has 1 fully saturated rings. The average Bonchev–Trinajstić information content (AvgIpc) is 3.40. The third-order valence-electron chi connectivity index (χ3n) is 4.49. The number of thiophene rings is 2. The summed E-state index contributed by atoms with van der Waals surface area (Å²) in [5.74, 6) is 0.696. The Labute approximate surface area is 191 Å². The number of likely N-dealkylation sites (tertiary alicyclic amines) is 1. The molecular formula is C17H26IN5O2S3. The van der Waals surface area contributed by atoms with Crippen LogP contribution < -0.4 is 15.8 Å². The molecule has 1 atom stereocenters. The number of sulfonamides is 1. The van der Waals surface area contributed by atoms with Crippen LogP contribution in [0.2, 0.25) is 0 Å². The Hall–Kier alpha value is -0.730. The van der Waals surface area contributed by atoms with Gasteiger partial charge < -0.3 is 10.6 Å². The molecule has 1 saturated heterocycles. The van der Waals surface area contributed by atoms with Crippen molar-refractivity contribution in [1.82, 2.24) is 15.5 Å². The summed E-state index contributed by atoms with van der Waals surface area (Å²) in [4.78, 5) is 9.04. The second-order valence-corrected chi connectivity index (χ2v) is 10.3. The number of primary sulfonamides is 1. The number of nitrogens with two attached hydrogens (primary N) is 1. The minimum absolute atomic E-state index is 0. The van der Waals surface area contributed by atoms with Gasteiger partial charge in [-0.05, 0) is 49.5 Å². The lowest BCUT2D eigenvalue weighted by atomic mass is 10.2. The summed E-state index contributed by atoms with van der Waals surface area (Å²) in [5, 5.41) is 13.9. The smallest absolute Gasteiger partial charge is 0.247 e. The third kappa shape index (κ3) is 6.39. The molecular weight excluding hydrogens is 529 g/mol. The van der Waals surface area contributed by atoms with Gasteiger partial charge >= 0.3 is 0 Å². The Kier molecular flexibility index (Phi) is 9.15. The van der Waals surface area contributed by atoms with E-state index in [2.05, 4.69) is 38.0 Å². The quantitative estimate of drug-likeness (QED) is 0.277. The highest BCUT2D eigenvalue weighted by Gasteiger charge is 2.24. The highest BCUT2D eigenvalue weighted by Crippen LogP contribution is 2.27. The number of rotatable bonds is 7. The normalized spacial score (nSPS) is 16.6. The summed E-state index contributed by atoms with van der Waals surface area (Å²) in [6, 6.07) is 7.92. The molecule has 11 heteroatoms. The minimum Gasteiger partial charge on any atom is -0.354 e. The Balaban J connectivity index is 0.00000280. The van der Waals surface area contributed by atoms with Crippen molar-refractivity contribution in [3.05, 3.63) is 39.4 Å². The Morgan fingerprint density at radius 1 is 1.29 bits per heavy atom. The van der Waals surface area contributed by atoms with E-state index < -0.39 is 10.0 Å². The molecule has 2 aromatic heterocycles. The van der Waals surface area contributed by atoms with Gasteiger partial charge in [-0.15, -0.1) is 46.7 Å². The fourth-order valence-electron chi connectivity index (χ4n) is 3.13. The standard InChI is InChI=1S/C17H25N5O2S3.HI/c1-19-17(20-11-13-6-7-16(26-13)27(18,23)24)21-12-14(15-5-4-10-25-15)22-8-2-3-9-22;/h4-7,10,14H,2-3,8-9,11-12H2,1H3,(H2,18,23,24)(H2,19,20,21);1H. The maximum absolute atomic E-state index is 11.4. The number of hydrogen-bond acceptors (Lipinski definition) is 6. The van der Waals surface area contributed by atoms with Crippen molar-refractivity contribution in [2.45, 2.75) is 29.6 Å². The fourth-order valence-corrected chi connectivity index (χ4v) is 5.71. The van der Waals surface area contributed by atoms with E-state index in [1.54, 1.807) is 24.5 Å². The van der Waals surface area contributed by atoms with E-state index in [1.807, 2.05) is 0 Å². The average molecular weight is 556 g/mol. The number of aliphatic imine (C=N–C) groups is 1.